The molecule has 6 nitrogen and oxygen atoms in total. The first-order valence-electron chi connectivity index (χ1n) is 10.7. The van der Waals surface area contributed by atoms with Gasteiger partial charge in [-0.1, -0.05) is 35.3 Å². The van der Waals surface area contributed by atoms with Crippen LogP contribution in [0.3, 0.4) is 0 Å². The fourth-order valence-corrected chi connectivity index (χ4v) is 4.85. The lowest BCUT2D eigenvalue weighted by Gasteiger charge is -2.26. The number of carbonyl (C=O) groups is 2. The number of methoxy groups -OCH3 is 2. The quantitative estimate of drug-likeness (QED) is 0.158. The molecule has 0 aromatic heterocycles. The summed E-state index contributed by atoms with van der Waals surface area (Å²) in [5, 5.41) is 11.2. The zero-order chi connectivity index (χ0) is 27.9. The molecule has 1 N–H and O–H groups in total. The Hall–Kier alpha value is -3.76. The van der Waals surface area contributed by atoms with Crippen LogP contribution in [0.25, 0.3) is 5.76 Å². The van der Waals surface area contributed by atoms with Gasteiger partial charge < -0.3 is 14.6 Å². The minimum atomic E-state index is -4.63. The third-order valence-electron chi connectivity index (χ3n) is 5.90. The van der Waals surface area contributed by atoms with Crippen LogP contribution in [0, 0.1) is 5.82 Å². The number of rotatable bonds is 5. The summed E-state index contributed by atoms with van der Waals surface area (Å²) in [5.74, 6) is -3.72. The van der Waals surface area contributed by atoms with Crippen LogP contribution in [0.15, 0.2) is 60.2 Å². The number of hydrogen-bond acceptors (Lipinski definition) is 5. The SMILES string of the molecule is COc1c(Cl)cc(/C(O)=C2\C(=O)C(=O)N(c3ccc(C(F)(F)F)cc3)C2c2ccc(F)cc2)c(OC)c1Cl. The van der Waals surface area contributed by atoms with Crippen molar-refractivity contribution in [2.45, 2.75) is 12.2 Å². The largest absolute Gasteiger partial charge is 0.507 e. The molecule has 1 unspecified atom stereocenters. The van der Waals surface area contributed by atoms with Crippen LogP contribution in [0.4, 0.5) is 23.2 Å². The summed E-state index contributed by atoms with van der Waals surface area (Å²) < 4.78 is 63.5. The standard InChI is InChI=1S/C26H17Cl2F4NO5/c1-37-23-16(11-17(27)24(38-2)19(23)28)21(34)18-20(12-3-7-14(29)8-4-12)33(25(36)22(18)35)15-9-5-13(6-10-15)26(30,31)32/h3-11,20,34H,1-2H3/b21-18+. The number of amides is 1. The van der Waals surface area contributed by atoms with Crippen molar-refractivity contribution in [1.82, 2.24) is 0 Å². The number of aliphatic hydroxyl groups excluding tert-OH is 1. The number of nitrogens with zero attached hydrogens (tertiary/aromatic N) is 1. The molecule has 12 heteroatoms. The summed E-state index contributed by atoms with van der Waals surface area (Å²) in [5.41, 5.74) is -1.44. The lowest BCUT2D eigenvalue weighted by atomic mass is 9.94. The first-order chi connectivity index (χ1) is 17.9. The van der Waals surface area contributed by atoms with Crippen LogP contribution in [0.2, 0.25) is 10.0 Å². The third kappa shape index (κ3) is 4.65. The highest BCUT2D eigenvalue weighted by atomic mass is 35.5. The van der Waals surface area contributed by atoms with E-state index in [2.05, 4.69) is 0 Å². The maximum atomic E-state index is 13.7. The van der Waals surface area contributed by atoms with Crippen molar-refractivity contribution in [2.24, 2.45) is 0 Å². The Bertz CT molecular complexity index is 1450. The fourth-order valence-electron chi connectivity index (χ4n) is 4.16. The van der Waals surface area contributed by atoms with E-state index in [9.17, 15) is 32.3 Å². The average Bonchev–Trinajstić information content (AvgIpc) is 3.13. The molecule has 1 amide bonds. The van der Waals surface area contributed by atoms with Gasteiger partial charge in [0.25, 0.3) is 11.7 Å². The van der Waals surface area contributed by atoms with E-state index in [1.54, 1.807) is 0 Å². The van der Waals surface area contributed by atoms with Crippen LogP contribution in [0.1, 0.15) is 22.7 Å². The van der Waals surface area contributed by atoms with Crippen LogP contribution >= 0.6 is 23.2 Å². The van der Waals surface area contributed by atoms with Crippen LogP contribution in [-0.4, -0.2) is 31.0 Å². The number of benzene rings is 3. The van der Waals surface area contributed by atoms with Crippen molar-refractivity contribution in [3.05, 3.63) is 92.7 Å². The minimum absolute atomic E-state index is 0.0297. The number of aliphatic hydroxyl groups is 1. The summed E-state index contributed by atoms with van der Waals surface area (Å²) in [6.07, 6.45) is -4.63. The van der Waals surface area contributed by atoms with Crippen molar-refractivity contribution in [1.29, 1.82) is 0 Å². The smallest absolute Gasteiger partial charge is 0.416 e. The van der Waals surface area contributed by atoms with E-state index in [1.165, 1.54) is 32.4 Å². The maximum Gasteiger partial charge on any atom is 0.416 e. The summed E-state index contributed by atoms with van der Waals surface area (Å²) >= 11 is 12.6. The Morgan fingerprint density at radius 1 is 0.947 bits per heavy atom. The molecule has 0 saturated carbocycles. The first-order valence-corrected chi connectivity index (χ1v) is 11.5. The Kier molecular flexibility index (Phi) is 7.31. The zero-order valence-corrected chi connectivity index (χ0v) is 21.1. The second-order valence-corrected chi connectivity index (χ2v) is 8.84. The van der Waals surface area contributed by atoms with E-state index in [1.807, 2.05) is 0 Å². The highest BCUT2D eigenvalue weighted by Crippen LogP contribution is 2.48. The van der Waals surface area contributed by atoms with E-state index in [0.717, 1.165) is 41.3 Å². The number of ketones is 1. The molecular weight excluding hydrogens is 553 g/mol. The van der Waals surface area contributed by atoms with Gasteiger partial charge in [0.1, 0.15) is 16.6 Å². The highest BCUT2D eigenvalue weighted by Gasteiger charge is 2.47. The minimum Gasteiger partial charge on any atom is -0.507 e. The van der Waals surface area contributed by atoms with Crippen molar-refractivity contribution in [3.8, 4) is 11.5 Å². The van der Waals surface area contributed by atoms with Crippen LogP contribution in [-0.2, 0) is 15.8 Å². The van der Waals surface area contributed by atoms with E-state index in [4.69, 9.17) is 32.7 Å². The van der Waals surface area contributed by atoms with Crippen LogP contribution in [0.5, 0.6) is 11.5 Å². The number of Topliss-reactive ketones (excluding diaryl/α,β-unsaturated/α-hetero) is 1. The lowest BCUT2D eigenvalue weighted by molar-refractivity contribution is -0.137. The second kappa shape index (κ2) is 10.2. The Balaban J connectivity index is 1.98. The molecule has 1 saturated heterocycles. The van der Waals surface area contributed by atoms with Gasteiger partial charge in [0.2, 0.25) is 0 Å². The molecule has 1 aliphatic heterocycles. The van der Waals surface area contributed by atoms with E-state index in [-0.39, 0.29) is 38.4 Å². The van der Waals surface area contributed by atoms with Gasteiger partial charge in [0, 0.05) is 5.69 Å². The molecule has 3 aromatic carbocycles. The molecule has 0 aliphatic carbocycles. The molecule has 198 valence electrons. The Morgan fingerprint density at radius 2 is 1.53 bits per heavy atom. The number of alkyl halides is 3. The van der Waals surface area contributed by atoms with Crippen molar-refractivity contribution < 1.29 is 41.7 Å². The fraction of sp³-hybridized carbons (Fsp3) is 0.154. The van der Waals surface area contributed by atoms with Gasteiger partial charge in [-0.15, -0.1) is 0 Å². The number of carbonyl (C=O) groups excluding carboxylic acids is 2. The van der Waals surface area contributed by atoms with Gasteiger partial charge in [0.15, 0.2) is 11.5 Å². The maximum absolute atomic E-state index is 13.7. The first kappa shape index (κ1) is 27.3. The molecule has 0 bridgehead atoms. The third-order valence-corrected chi connectivity index (χ3v) is 6.52. The van der Waals surface area contributed by atoms with Gasteiger partial charge in [-0.25, -0.2) is 4.39 Å². The van der Waals surface area contributed by atoms with Gasteiger partial charge in [-0.05, 0) is 48.0 Å². The lowest BCUT2D eigenvalue weighted by Crippen LogP contribution is -2.29. The normalized spacial score (nSPS) is 17.2. The predicted octanol–water partition coefficient (Wildman–Crippen LogP) is 6.79. The number of ether oxygens (including phenoxy) is 2. The molecule has 1 heterocycles. The zero-order valence-electron chi connectivity index (χ0n) is 19.6. The van der Waals surface area contributed by atoms with E-state index >= 15 is 0 Å². The molecule has 1 aliphatic rings. The highest BCUT2D eigenvalue weighted by molar-refractivity contribution is 6.52. The summed E-state index contributed by atoms with van der Waals surface area (Å²) in [6.45, 7) is 0. The molecule has 38 heavy (non-hydrogen) atoms. The van der Waals surface area contributed by atoms with Gasteiger partial charge in [-0.3, -0.25) is 14.5 Å². The van der Waals surface area contributed by atoms with Gasteiger partial charge in [-0.2, -0.15) is 13.2 Å². The number of anilines is 1. The molecule has 0 spiro atoms. The van der Waals surface area contributed by atoms with Gasteiger partial charge >= 0.3 is 6.18 Å². The molecule has 0 radical (unpaired) electrons. The molecular formula is C26H17Cl2F4NO5. The molecule has 1 fully saturated rings. The number of halogens is 6. The molecule has 1 atom stereocenters. The van der Waals surface area contributed by atoms with Crippen molar-refractivity contribution in [2.75, 3.05) is 19.1 Å². The topological polar surface area (TPSA) is 76.1 Å². The second-order valence-electron chi connectivity index (χ2n) is 8.05. The van der Waals surface area contributed by atoms with E-state index in [0.29, 0.717) is 0 Å². The van der Waals surface area contributed by atoms with Gasteiger partial charge in [0.05, 0.1) is 42.0 Å². The Morgan fingerprint density at radius 3 is 2.05 bits per heavy atom. The van der Waals surface area contributed by atoms with Crippen molar-refractivity contribution in [3.63, 3.8) is 0 Å². The molecule has 4 rings (SSSR count). The summed E-state index contributed by atoms with van der Waals surface area (Å²) in [6, 6.07) is 8.12. The van der Waals surface area contributed by atoms with E-state index < -0.39 is 46.6 Å². The van der Waals surface area contributed by atoms with Crippen molar-refractivity contribution >= 4 is 46.3 Å². The van der Waals surface area contributed by atoms with Crippen LogP contribution < -0.4 is 14.4 Å². The monoisotopic (exact) mass is 569 g/mol. The predicted molar refractivity (Wildman–Crippen MR) is 132 cm³/mol. The Labute approximate surface area is 223 Å². The average molecular weight is 570 g/mol. The summed E-state index contributed by atoms with van der Waals surface area (Å²) in [7, 11) is 2.54. The summed E-state index contributed by atoms with van der Waals surface area (Å²) in [4.78, 5) is 27.4. The molecule has 3 aromatic rings. The number of hydrogen-bond donors (Lipinski definition) is 1.